The lowest BCUT2D eigenvalue weighted by Crippen LogP contribution is -2.20. The molecular formula is C9H17N. The first-order valence-electron chi connectivity index (χ1n) is 3.91. The Bertz CT molecular complexity index is 112. The summed E-state index contributed by atoms with van der Waals surface area (Å²) in [6, 6.07) is 0. The van der Waals surface area contributed by atoms with E-state index < -0.39 is 0 Å². The molecule has 0 rings (SSSR count). The molecule has 0 saturated carbocycles. The van der Waals surface area contributed by atoms with Gasteiger partial charge in [0.15, 0.2) is 0 Å². The van der Waals surface area contributed by atoms with Gasteiger partial charge in [-0.25, -0.2) is 0 Å². The zero-order valence-corrected chi connectivity index (χ0v) is 6.98. The van der Waals surface area contributed by atoms with Gasteiger partial charge in [0.2, 0.25) is 0 Å². The van der Waals surface area contributed by atoms with Crippen molar-refractivity contribution >= 4 is 0 Å². The molecule has 0 aromatic rings. The van der Waals surface area contributed by atoms with Crippen LogP contribution >= 0.6 is 0 Å². The first kappa shape index (κ1) is 9.48. The molecule has 0 aliphatic heterocycles. The molecule has 0 bridgehead atoms. The molecule has 1 atom stereocenters. The third kappa shape index (κ3) is 4.37. The fourth-order valence-electron chi connectivity index (χ4n) is 0.818. The molecule has 0 amide bonds. The topological polar surface area (TPSA) is 12.0 Å². The molecule has 0 radical (unpaired) electrons. The molecule has 0 heterocycles. The van der Waals surface area contributed by atoms with Crippen molar-refractivity contribution in [3.05, 3.63) is 18.4 Å². The molecule has 1 unspecified atom stereocenters. The summed E-state index contributed by atoms with van der Waals surface area (Å²) in [6.07, 6.45) is 3.19. The van der Waals surface area contributed by atoms with Gasteiger partial charge in [-0.15, -0.1) is 5.73 Å². The first-order valence-corrected chi connectivity index (χ1v) is 3.91. The van der Waals surface area contributed by atoms with Crippen LogP contribution in [0.4, 0.5) is 0 Å². The molecular weight excluding hydrogens is 122 g/mol. The van der Waals surface area contributed by atoms with Crippen LogP contribution in [0.2, 0.25) is 0 Å². The quantitative estimate of drug-likeness (QED) is 0.574. The molecule has 0 aliphatic rings. The van der Waals surface area contributed by atoms with Crippen molar-refractivity contribution in [3.63, 3.8) is 0 Å². The molecule has 0 saturated heterocycles. The Morgan fingerprint density at radius 1 is 1.60 bits per heavy atom. The van der Waals surface area contributed by atoms with Crippen molar-refractivity contribution in [3.8, 4) is 0 Å². The summed E-state index contributed by atoms with van der Waals surface area (Å²) in [6.45, 7) is 9.93. The lowest BCUT2D eigenvalue weighted by molar-refractivity contribution is 0.557. The van der Waals surface area contributed by atoms with E-state index in [0.29, 0.717) is 5.92 Å². The maximum absolute atomic E-state index is 3.55. The normalized spacial score (nSPS) is 12.2. The third-order valence-corrected chi connectivity index (χ3v) is 1.53. The summed E-state index contributed by atoms with van der Waals surface area (Å²) >= 11 is 0. The van der Waals surface area contributed by atoms with E-state index in [2.05, 4.69) is 31.5 Å². The Morgan fingerprint density at radius 2 is 2.30 bits per heavy atom. The van der Waals surface area contributed by atoms with E-state index in [1.807, 2.05) is 6.08 Å². The lowest BCUT2D eigenvalue weighted by Gasteiger charge is -2.07. The zero-order chi connectivity index (χ0) is 7.82. The molecule has 0 fully saturated rings. The van der Waals surface area contributed by atoms with Gasteiger partial charge in [0, 0.05) is 6.54 Å². The van der Waals surface area contributed by atoms with E-state index in [0.717, 1.165) is 19.5 Å². The van der Waals surface area contributed by atoms with E-state index in [1.165, 1.54) is 0 Å². The summed E-state index contributed by atoms with van der Waals surface area (Å²) < 4.78 is 0. The largest absolute Gasteiger partial charge is 0.316 e. The second-order valence-corrected chi connectivity index (χ2v) is 2.35. The highest BCUT2D eigenvalue weighted by atomic mass is 14.8. The SMILES string of the molecule is C=C=CC(CC)CNCC. The maximum atomic E-state index is 3.55. The Hall–Kier alpha value is -0.520. The van der Waals surface area contributed by atoms with Crippen LogP contribution in [-0.2, 0) is 0 Å². The van der Waals surface area contributed by atoms with Crippen LogP contribution in [0.3, 0.4) is 0 Å². The predicted molar refractivity (Wildman–Crippen MR) is 46.0 cm³/mol. The highest BCUT2D eigenvalue weighted by molar-refractivity contribution is 4.84. The number of hydrogen-bond donors (Lipinski definition) is 1. The summed E-state index contributed by atoms with van der Waals surface area (Å²) in [5.41, 5.74) is 2.81. The first-order chi connectivity index (χ1) is 4.85. The van der Waals surface area contributed by atoms with Crippen molar-refractivity contribution in [2.45, 2.75) is 20.3 Å². The van der Waals surface area contributed by atoms with E-state index in [4.69, 9.17) is 0 Å². The van der Waals surface area contributed by atoms with Crippen molar-refractivity contribution in [1.29, 1.82) is 0 Å². The van der Waals surface area contributed by atoms with E-state index >= 15 is 0 Å². The van der Waals surface area contributed by atoms with Gasteiger partial charge in [0.1, 0.15) is 0 Å². The van der Waals surface area contributed by atoms with Crippen LogP contribution in [0.5, 0.6) is 0 Å². The molecule has 58 valence electrons. The summed E-state index contributed by atoms with van der Waals surface area (Å²) in [5, 5.41) is 3.29. The van der Waals surface area contributed by atoms with Gasteiger partial charge in [-0.05, 0) is 25.0 Å². The standard InChI is InChI=1S/C9H17N/c1-4-7-9(5-2)8-10-6-3/h7,9-10H,1,5-6,8H2,2-3H3. The minimum Gasteiger partial charge on any atom is -0.316 e. The molecule has 1 N–H and O–H groups in total. The zero-order valence-electron chi connectivity index (χ0n) is 6.98. The molecule has 0 aromatic heterocycles. The molecule has 0 aliphatic carbocycles. The average molecular weight is 139 g/mol. The summed E-state index contributed by atoms with van der Waals surface area (Å²) in [5.74, 6) is 0.609. The van der Waals surface area contributed by atoms with E-state index in [1.54, 1.807) is 0 Å². The van der Waals surface area contributed by atoms with Crippen molar-refractivity contribution in [2.24, 2.45) is 5.92 Å². The average Bonchev–Trinajstić information content (AvgIpc) is 1.98. The van der Waals surface area contributed by atoms with Gasteiger partial charge in [-0.2, -0.15) is 0 Å². The van der Waals surface area contributed by atoms with Crippen LogP contribution < -0.4 is 5.32 Å². The minimum atomic E-state index is 0.609. The number of rotatable bonds is 5. The predicted octanol–water partition coefficient (Wildman–Crippen LogP) is 1.96. The monoisotopic (exact) mass is 139 g/mol. The fourth-order valence-corrected chi connectivity index (χ4v) is 0.818. The summed E-state index contributed by atoms with van der Waals surface area (Å²) in [7, 11) is 0. The number of hydrogen-bond acceptors (Lipinski definition) is 1. The van der Waals surface area contributed by atoms with Gasteiger partial charge in [-0.1, -0.05) is 20.4 Å². The highest BCUT2D eigenvalue weighted by Gasteiger charge is 1.97. The second kappa shape index (κ2) is 6.60. The van der Waals surface area contributed by atoms with Crippen molar-refractivity contribution in [1.82, 2.24) is 5.32 Å². The third-order valence-electron chi connectivity index (χ3n) is 1.53. The smallest absolute Gasteiger partial charge is 0.00201 e. The lowest BCUT2D eigenvalue weighted by atomic mass is 10.1. The minimum absolute atomic E-state index is 0.609. The van der Waals surface area contributed by atoms with Crippen LogP contribution in [-0.4, -0.2) is 13.1 Å². The van der Waals surface area contributed by atoms with Crippen LogP contribution in [0.15, 0.2) is 18.4 Å². The Labute approximate surface area is 63.8 Å². The fraction of sp³-hybridized carbons (Fsp3) is 0.667. The van der Waals surface area contributed by atoms with Gasteiger partial charge < -0.3 is 5.32 Å². The van der Waals surface area contributed by atoms with Gasteiger partial charge in [0.25, 0.3) is 0 Å². The van der Waals surface area contributed by atoms with Crippen molar-refractivity contribution in [2.75, 3.05) is 13.1 Å². The Balaban J connectivity index is 3.49. The van der Waals surface area contributed by atoms with Crippen molar-refractivity contribution < 1.29 is 0 Å². The molecule has 10 heavy (non-hydrogen) atoms. The molecule has 1 heteroatoms. The van der Waals surface area contributed by atoms with Gasteiger partial charge >= 0.3 is 0 Å². The van der Waals surface area contributed by atoms with Crippen LogP contribution in [0.1, 0.15) is 20.3 Å². The van der Waals surface area contributed by atoms with E-state index in [9.17, 15) is 0 Å². The number of nitrogens with one attached hydrogen (secondary N) is 1. The van der Waals surface area contributed by atoms with Gasteiger partial charge in [0.05, 0.1) is 0 Å². The Morgan fingerprint density at radius 3 is 2.70 bits per heavy atom. The molecule has 0 aromatic carbocycles. The van der Waals surface area contributed by atoms with E-state index in [-0.39, 0.29) is 0 Å². The Kier molecular flexibility index (Phi) is 6.25. The van der Waals surface area contributed by atoms with Crippen LogP contribution in [0.25, 0.3) is 0 Å². The highest BCUT2D eigenvalue weighted by Crippen LogP contribution is 2.00. The van der Waals surface area contributed by atoms with Crippen LogP contribution in [0, 0.1) is 5.92 Å². The maximum Gasteiger partial charge on any atom is 0.00201 e. The van der Waals surface area contributed by atoms with Gasteiger partial charge in [-0.3, -0.25) is 0 Å². The second-order valence-electron chi connectivity index (χ2n) is 2.35. The molecule has 1 nitrogen and oxygen atoms in total. The molecule has 0 spiro atoms. The summed E-state index contributed by atoms with van der Waals surface area (Å²) in [4.78, 5) is 0.